The van der Waals surface area contributed by atoms with E-state index in [-0.39, 0.29) is 33.7 Å². The highest BCUT2D eigenvalue weighted by atomic mass is 32.2. The van der Waals surface area contributed by atoms with E-state index in [1.807, 2.05) is 32.0 Å². The molecular formula is C22H25N5O5S2. The molecule has 0 aliphatic rings. The van der Waals surface area contributed by atoms with Crippen LogP contribution in [0, 0.1) is 20.8 Å². The van der Waals surface area contributed by atoms with Crippen molar-refractivity contribution in [2.75, 3.05) is 18.2 Å². The van der Waals surface area contributed by atoms with Crippen LogP contribution in [0.25, 0.3) is 0 Å². The zero-order valence-corrected chi connectivity index (χ0v) is 21.1. The van der Waals surface area contributed by atoms with Crippen molar-refractivity contribution in [3.8, 4) is 5.75 Å². The maximum Gasteiger partial charge on any atom is 0.341 e. The Kier molecular flexibility index (Phi) is 7.94. The monoisotopic (exact) mass is 503 g/mol. The molecule has 3 aromatic rings. The van der Waals surface area contributed by atoms with E-state index in [1.165, 1.54) is 18.9 Å². The number of thiophene rings is 1. The molecule has 0 bridgehead atoms. The topological polar surface area (TPSA) is 138 Å². The van der Waals surface area contributed by atoms with Gasteiger partial charge in [-0.2, -0.15) is 0 Å². The molecule has 0 aliphatic carbocycles. The molecule has 180 valence electrons. The van der Waals surface area contributed by atoms with Gasteiger partial charge in [-0.3, -0.25) is 9.59 Å². The molecule has 0 radical (unpaired) electrons. The summed E-state index contributed by atoms with van der Waals surface area (Å²) in [5, 5.41) is 11.7. The smallest absolute Gasteiger partial charge is 0.341 e. The van der Waals surface area contributed by atoms with Crippen LogP contribution in [-0.4, -0.2) is 45.4 Å². The normalized spacial score (nSPS) is 10.7. The number of amides is 2. The zero-order chi connectivity index (χ0) is 25.0. The maximum atomic E-state index is 12.6. The quantitative estimate of drug-likeness (QED) is 0.336. The van der Waals surface area contributed by atoms with Crippen molar-refractivity contribution in [2.45, 2.75) is 32.5 Å². The van der Waals surface area contributed by atoms with Gasteiger partial charge in [-0.25, -0.2) is 4.79 Å². The summed E-state index contributed by atoms with van der Waals surface area (Å²) in [5.74, 6) is -0.347. The van der Waals surface area contributed by atoms with E-state index >= 15 is 0 Å². The van der Waals surface area contributed by atoms with Gasteiger partial charge in [0.1, 0.15) is 17.4 Å². The van der Waals surface area contributed by atoms with Crippen LogP contribution in [0.4, 0.5) is 5.00 Å². The molecule has 2 aromatic heterocycles. The molecule has 10 nitrogen and oxygen atoms in total. The molecular weight excluding hydrogens is 478 g/mol. The van der Waals surface area contributed by atoms with Crippen molar-refractivity contribution >= 4 is 45.9 Å². The number of rotatable bonds is 9. The van der Waals surface area contributed by atoms with E-state index in [0.29, 0.717) is 16.5 Å². The first-order valence-electron chi connectivity index (χ1n) is 10.1. The Balaban J connectivity index is 1.64. The molecule has 0 atom stereocenters. The van der Waals surface area contributed by atoms with E-state index in [0.717, 1.165) is 28.2 Å². The van der Waals surface area contributed by atoms with Gasteiger partial charge in [-0.15, -0.1) is 21.5 Å². The highest BCUT2D eigenvalue weighted by Gasteiger charge is 2.25. The van der Waals surface area contributed by atoms with Crippen LogP contribution in [0.2, 0.25) is 0 Å². The number of carbonyl (C=O) groups excluding carboxylic acids is 3. The number of anilines is 1. The van der Waals surface area contributed by atoms with Gasteiger partial charge in [-0.1, -0.05) is 29.5 Å². The first-order chi connectivity index (χ1) is 16.1. The Hall–Kier alpha value is -3.38. The van der Waals surface area contributed by atoms with Crippen LogP contribution < -0.4 is 15.8 Å². The Morgan fingerprint density at radius 3 is 2.59 bits per heavy atom. The average molecular weight is 504 g/mol. The molecule has 0 aliphatic heterocycles. The van der Waals surface area contributed by atoms with Gasteiger partial charge in [0, 0.05) is 7.05 Å². The Morgan fingerprint density at radius 2 is 1.94 bits per heavy atom. The minimum Gasteiger partial charge on any atom is -0.485 e. The van der Waals surface area contributed by atoms with Gasteiger partial charge in [0.2, 0.25) is 5.91 Å². The van der Waals surface area contributed by atoms with Gasteiger partial charge < -0.3 is 25.1 Å². The summed E-state index contributed by atoms with van der Waals surface area (Å²) in [6, 6.07) is 5.94. The number of hydrogen-bond donors (Lipinski definition) is 2. The van der Waals surface area contributed by atoms with Crippen molar-refractivity contribution in [3.05, 3.63) is 51.2 Å². The van der Waals surface area contributed by atoms with Crippen LogP contribution in [0.15, 0.2) is 23.4 Å². The number of esters is 1. The minimum atomic E-state index is -0.683. The summed E-state index contributed by atoms with van der Waals surface area (Å²) >= 11 is 2.11. The molecule has 34 heavy (non-hydrogen) atoms. The third-order valence-electron chi connectivity index (χ3n) is 4.96. The molecule has 2 amide bonds. The highest BCUT2D eigenvalue weighted by molar-refractivity contribution is 7.99. The fourth-order valence-electron chi connectivity index (χ4n) is 3.18. The molecule has 2 heterocycles. The SMILES string of the molecule is COC(=O)c1c(NC(=O)CSc2nnc(COc3ccc(C)cc3C)n2C)sc(C(N)=O)c1C. The Bertz CT molecular complexity index is 1250. The summed E-state index contributed by atoms with van der Waals surface area (Å²) in [6.45, 7) is 5.80. The van der Waals surface area contributed by atoms with Crippen molar-refractivity contribution in [1.29, 1.82) is 0 Å². The lowest BCUT2D eigenvalue weighted by molar-refractivity contribution is -0.113. The number of methoxy groups -OCH3 is 1. The number of primary amides is 1. The summed E-state index contributed by atoms with van der Waals surface area (Å²) in [5.41, 5.74) is 8.04. The number of hydrogen-bond acceptors (Lipinski definition) is 9. The van der Waals surface area contributed by atoms with E-state index in [1.54, 1.807) is 18.5 Å². The van der Waals surface area contributed by atoms with Crippen LogP contribution in [0.3, 0.4) is 0 Å². The van der Waals surface area contributed by atoms with Crippen molar-refractivity contribution in [1.82, 2.24) is 14.8 Å². The number of nitrogens with zero attached hydrogens (tertiary/aromatic N) is 3. The number of ether oxygens (including phenoxy) is 2. The standard InChI is InChI=1S/C22H25N5O5S2/c1-11-6-7-14(12(2)8-11)32-9-15-25-26-22(27(15)4)33-10-16(28)24-20-17(21(30)31-5)13(3)18(34-20)19(23)29/h6-8H,9-10H2,1-5H3,(H2,23,29)(H,24,28). The molecule has 3 rings (SSSR count). The number of nitrogens with two attached hydrogens (primary N) is 1. The Labute approximate surface area is 204 Å². The van der Waals surface area contributed by atoms with E-state index in [2.05, 4.69) is 15.5 Å². The molecule has 0 unspecified atom stereocenters. The summed E-state index contributed by atoms with van der Waals surface area (Å²) < 4.78 is 12.4. The van der Waals surface area contributed by atoms with Crippen LogP contribution in [-0.2, 0) is 23.2 Å². The predicted molar refractivity (Wildman–Crippen MR) is 130 cm³/mol. The van der Waals surface area contributed by atoms with Gasteiger partial charge in [0.05, 0.1) is 23.3 Å². The lowest BCUT2D eigenvalue weighted by atomic mass is 10.1. The summed E-state index contributed by atoms with van der Waals surface area (Å²) in [6.07, 6.45) is 0. The van der Waals surface area contributed by atoms with Crippen molar-refractivity contribution in [2.24, 2.45) is 12.8 Å². The molecule has 1 aromatic carbocycles. The summed E-state index contributed by atoms with van der Waals surface area (Å²) in [4.78, 5) is 36.5. The van der Waals surface area contributed by atoms with Gasteiger partial charge >= 0.3 is 5.97 Å². The summed E-state index contributed by atoms with van der Waals surface area (Å²) in [7, 11) is 3.01. The Morgan fingerprint density at radius 1 is 1.21 bits per heavy atom. The number of aromatic nitrogens is 3. The zero-order valence-electron chi connectivity index (χ0n) is 19.4. The average Bonchev–Trinajstić information content (AvgIpc) is 3.30. The third-order valence-corrected chi connectivity index (χ3v) is 7.20. The highest BCUT2D eigenvalue weighted by Crippen LogP contribution is 2.33. The lowest BCUT2D eigenvalue weighted by Gasteiger charge is -2.09. The first-order valence-corrected chi connectivity index (χ1v) is 11.9. The third kappa shape index (κ3) is 5.57. The predicted octanol–water partition coefficient (Wildman–Crippen LogP) is 3.00. The number of aryl methyl sites for hydroxylation is 2. The van der Waals surface area contributed by atoms with Crippen LogP contribution in [0.1, 0.15) is 42.5 Å². The first kappa shape index (κ1) is 25.2. The molecule has 12 heteroatoms. The number of benzene rings is 1. The fraction of sp³-hybridized carbons (Fsp3) is 0.318. The lowest BCUT2D eigenvalue weighted by Crippen LogP contribution is -2.16. The van der Waals surface area contributed by atoms with E-state index in [9.17, 15) is 14.4 Å². The fourth-order valence-corrected chi connectivity index (χ4v) is 4.97. The van der Waals surface area contributed by atoms with E-state index < -0.39 is 11.9 Å². The largest absolute Gasteiger partial charge is 0.485 e. The van der Waals surface area contributed by atoms with Gasteiger partial charge in [0.25, 0.3) is 5.91 Å². The number of nitrogens with one attached hydrogen (secondary N) is 1. The van der Waals surface area contributed by atoms with Crippen LogP contribution >= 0.6 is 23.1 Å². The molecule has 0 fully saturated rings. The van der Waals surface area contributed by atoms with E-state index in [4.69, 9.17) is 15.2 Å². The second kappa shape index (κ2) is 10.7. The second-order valence-corrected chi connectivity index (χ2v) is 9.43. The van der Waals surface area contributed by atoms with Crippen molar-refractivity contribution in [3.63, 3.8) is 0 Å². The second-order valence-electron chi connectivity index (χ2n) is 7.47. The molecule has 3 N–H and O–H groups in total. The van der Waals surface area contributed by atoms with Gasteiger partial charge in [-0.05, 0) is 38.0 Å². The number of carbonyl (C=O) groups is 3. The molecule has 0 saturated heterocycles. The molecule has 0 spiro atoms. The molecule has 0 saturated carbocycles. The minimum absolute atomic E-state index is 0.00731. The van der Waals surface area contributed by atoms with Crippen LogP contribution in [0.5, 0.6) is 5.75 Å². The maximum absolute atomic E-state index is 12.6. The van der Waals surface area contributed by atoms with Crippen molar-refractivity contribution < 1.29 is 23.9 Å². The van der Waals surface area contributed by atoms with Gasteiger partial charge in [0.15, 0.2) is 11.0 Å². The number of thioether (sulfide) groups is 1.